The number of halogens is 2. The van der Waals surface area contributed by atoms with Crippen molar-refractivity contribution in [2.45, 2.75) is 26.2 Å². The van der Waals surface area contributed by atoms with E-state index in [-0.39, 0.29) is 5.78 Å². The minimum atomic E-state index is -0.424. The highest BCUT2D eigenvalue weighted by Crippen LogP contribution is 2.21. The maximum absolute atomic E-state index is 13.5. The molecule has 2 aromatic rings. The second kappa shape index (κ2) is 6.31. The fraction of sp³-hybridized carbons (Fsp3) is 0.235. The number of hydrogen-bond acceptors (Lipinski definition) is 1. The van der Waals surface area contributed by atoms with Gasteiger partial charge in [-0.05, 0) is 52.0 Å². The number of hydrogen-bond donors (Lipinski definition) is 0. The van der Waals surface area contributed by atoms with Gasteiger partial charge in [0.2, 0.25) is 0 Å². The van der Waals surface area contributed by atoms with Crippen LogP contribution in [0, 0.1) is 5.82 Å². The van der Waals surface area contributed by atoms with Gasteiger partial charge in [0, 0.05) is 11.1 Å². The predicted octanol–water partition coefficient (Wildman–Crippen LogP) is 5.33. The van der Waals surface area contributed by atoms with Gasteiger partial charge in [0.25, 0.3) is 0 Å². The summed E-state index contributed by atoms with van der Waals surface area (Å²) >= 11 is 3.08. The smallest absolute Gasteiger partial charge is 0.193 e. The minimum Gasteiger partial charge on any atom is -0.289 e. The SMILES string of the molecule is CCC(C)c1ccc(C(=O)c2ccc(Br)c(F)c2)cc1. The largest absolute Gasteiger partial charge is 0.289 e. The maximum atomic E-state index is 13.5. The van der Waals surface area contributed by atoms with Crippen LogP contribution in [0.5, 0.6) is 0 Å². The van der Waals surface area contributed by atoms with Crippen molar-refractivity contribution in [1.82, 2.24) is 0 Å². The van der Waals surface area contributed by atoms with E-state index in [1.54, 1.807) is 12.1 Å². The van der Waals surface area contributed by atoms with Crippen LogP contribution in [0.3, 0.4) is 0 Å². The Morgan fingerprint density at radius 3 is 2.30 bits per heavy atom. The van der Waals surface area contributed by atoms with Gasteiger partial charge in [-0.15, -0.1) is 0 Å². The number of benzene rings is 2. The van der Waals surface area contributed by atoms with Crippen LogP contribution in [-0.4, -0.2) is 5.78 Å². The molecule has 0 saturated heterocycles. The summed E-state index contributed by atoms with van der Waals surface area (Å²) in [6, 6.07) is 12.0. The van der Waals surface area contributed by atoms with Crippen LogP contribution >= 0.6 is 15.9 Å². The summed E-state index contributed by atoms with van der Waals surface area (Å²) in [6.45, 7) is 4.29. The van der Waals surface area contributed by atoms with Crippen molar-refractivity contribution in [3.8, 4) is 0 Å². The van der Waals surface area contributed by atoms with Crippen LogP contribution in [0.1, 0.15) is 47.7 Å². The summed E-state index contributed by atoms with van der Waals surface area (Å²) in [4.78, 5) is 12.3. The van der Waals surface area contributed by atoms with Crippen LogP contribution in [0.25, 0.3) is 0 Å². The lowest BCUT2D eigenvalue weighted by molar-refractivity contribution is 0.103. The molecule has 0 heterocycles. The highest BCUT2D eigenvalue weighted by atomic mass is 79.9. The summed E-state index contributed by atoms with van der Waals surface area (Å²) in [5.74, 6) is -0.108. The van der Waals surface area contributed by atoms with Crippen LogP contribution < -0.4 is 0 Å². The quantitative estimate of drug-likeness (QED) is 0.690. The molecule has 2 rings (SSSR count). The highest BCUT2D eigenvalue weighted by Gasteiger charge is 2.12. The van der Waals surface area contributed by atoms with Crippen LogP contribution in [0.2, 0.25) is 0 Å². The first kappa shape index (κ1) is 14.9. The molecule has 0 bridgehead atoms. The van der Waals surface area contributed by atoms with Gasteiger partial charge in [-0.25, -0.2) is 4.39 Å². The molecule has 0 saturated carbocycles. The van der Waals surface area contributed by atoms with E-state index < -0.39 is 5.82 Å². The summed E-state index contributed by atoms with van der Waals surface area (Å²) in [5.41, 5.74) is 2.16. The molecule has 0 radical (unpaired) electrons. The molecule has 3 heteroatoms. The molecule has 104 valence electrons. The first-order valence-corrected chi connectivity index (χ1v) is 7.42. The van der Waals surface area contributed by atoms with Crippen molar-refractivity contribution < 1.29 is 9.18 Å². The van der Waals surface area contributed by atoms with Gasteiger partial charge in [-0.2, -0.15) is 0 Å². The van der Waals surface area contributed by atoms with Crippen LogP contribution in [-0.2, 0) is 0 Å². The van der Waals surface area contributed by atoms with Gasteiger partial charge in [-0.3, -0.25) is 4.79 Å². The first-order valence-electron chi connectivity index (χ1n) is 6.62. The van der Waals surface area contributed by atoms with E-state index in [1.165, 1.54) is 11.6 Å². The van der Waals surface area contributed by atoms with Crippen molar-refractivity contribution >= 4 is 21.7 Å². The second-order valence-corrected chi connectivity index (χ2v) is 5.74. The van der Waals surface area contributed by atoms with E-state index in [9.17, 15) is 9.18 Å². The zero-order chi connectivity index (χ0) is 14.7. The molecule has 0 aliphatic rings. The lowest BCUT2D eigenvalue weighted by Gasteiger charge is -2.09. The molecule has 0 N–H and O–H groups in total. The Morgan fingerprint density at radius 1 is 1.15 bits per heavy atom. The van der Waals surface area contributed by atoms with Crippen LogP contribution in [0.4, 0.5) is 4.39 Å². The van der Waals surface area contributed by atoms with Crippen molar-refractivity contribution in [2.24, 2.45) is 0 Å². The molecule has 0 aliphatic carbocycles. The number of carbonyl (C=O) groups excluding carboxylic acids is 1. The molecule has 0 amide bonds. The van der Waals surface area contributed by atoms with Crippen molar-refractivity contribution in [2.75, 3.05) is 0 Å². The van der Waals surface area contributed by atoms with Crippen molar-refractivity contribution in [3.63, 3.8) is 0 Å². The Balaban J connectivity index is 2.27. The minimum absolute atomic E-state index is 0.160. The maximum Gasteiger partial charge on any atom is 0.193 e. The molecular weight excluding hydrogens is 319 g/mol. The monoisotopic (exact) mass is 334 g/mol. The molecule has 0 aromatic heterocycles. The summed E-state index contributed by atoms with van der Waals surface area (Å²) in [5, 5.41) is 0. The Morgan fingerprint density at radius 2 is 1.75 bits per heavy atom. The number of ketones is 1. The highest BCUT2D eigenvalue weighted by molar-refractivity contribution is 9.10. The predicted molar refractivity (Wildman–Crippen MR) is 82.7 cm³/mol. The molecule has 0 aliphatic heterocycles. The zero-order valence-corrected chi connectivity index (χ0v) is 13.1. The zero-order valence-electron chi connectivity index (χ0n) is 11.5. The molecule has 0 fully saturated rings. The standard InChI is InChI=1S/C17H16BrFO/c1-3-11(2)12-4-6-13(7-5-12)17(20)14-8-9-15(18)16(19)10-14/h4-11H,3H2,1-2H3. The molecule has 2 aromatic carbocycles. The third-order valence-corrected chi connectivity index (χ3v) is 4.18. The summed E-state index contributed by atoms with van der Waals surface area (Å²) in [6.07, 6.45) is 1.06. The molecular formula is C17H16BrFO. The molecule has 20 heavy (non-hydrogen) atoms. The van der Waals surface area contributed by atoms with Gasteiger partial charge < -0.3 is 0 Å². The molecule has 0 spiro atoms. The summed E-state index contributed by atoms with van der Waals surface area (Å²) in [7, 11) is 0. The molecule has 1 nitrogen and oxygen atoms in total. The Bertz CT molecular complexity index is 619. The molecule has 1 unspecified atom stereocenters. The van der Waals surface area contributed by atoms with E-state index in [1.807, 2.05) is 24.3 Å². The van der Waals surface area contributed by atoms with E-state index in [0.29, 0.717) is 21.5 Å². The number of carbonyl (C=O) groups is 1. The average molecular weight is 335 g/mol. The lowest BCUT2D eigenvalue weighted by Crippen LogP contribution is -2.02. The number of rotatable bonds is 4. The molecule has 1 atom stereocenters. The fourth-order valence-corrected chi connectivity index (χ4v) is 2.25. The van der Waals surface area contributed by atoms with Crippen LogP contribution in [0.15, 0.2) is 46.9 Å². The second-order valence-electron chi connectivity index (χ2n) is 4.89. The topological polar surface area (TPSA) is 17.1 Å². The first-order chi connectivity index (χ1) is 9.52. The third kappa shape index (κ3) is 3.15. The Labute approximate surface area is 127 Å². The van der Waals surface area contributed by atoms with Crippen molar-refractivity contribution in [3.05, 3.63) is 69.4 Å². The summed E-state index contributed by atoms with van der Waals surface area (Å²) < 4.78 is 13.8. The lowest BCUT2D eigenvalue weighted by atomic mass is 9.95. The van der Waals surface area contributed by atoms with E-state index >= 15 is 0 Å². The normalized spacial score (nSPS) is 12.2. The third-order valence-electron chi connectivity index (χ3n) is 3.54. The van der Waals surface area contributed by atoms with Gasteiger partial charge in [-0.1, -0.05) is 38.1 Å². The van der Waals surface area contributed by atoms with E-state index in [4.69, 9.17) is 0 Å². The average Bonchev–Trinajstić information content (AvgIpc) is 2.48. The van der Waals surface area contributed by atoms with Gasteiger partial charge in [0.1, 0.15) is 5.82 Å². The van der Waals surface area contributed by atoms with Crippen molar-refractivity contribution in [1.29, 1.82) is 0 Å². The van der Waals surface area contributed by atoms with Gasteiger partial charge in [0.15, 0.2) is 5.78 Å². The Kier molecular flexibility index (Phi) is 4.71. The van der Waals surface area contributed by atoms with Gasteiger partial charge >= 0.3 is 0 Å². The fourth-order valence-electron chi connectivity index (χ4n) is 2.00. The Hall–Kier alpha value is -1.48. The van der Waals surface area contributed by atoms with E-state index in [0.717, 1.165) is 6.42 Å². The van der Waals surface area contributed by atoms with Gasteiger partial charge in [0.05, 0.1) is 4.47 Å². The van der Waals surface area contributed by atoms with E-state index in [2.05, 4.69) is 29.8 Å².